The average Bonchev–Trinajstić information content (AvgIpc) is 2.62. The molecule has 0 fully saturated rings. The van der Waals surface area contributed by atoms with E-state index >= 15 is 0 Å². The highest BCUT2D eigenvalue weighted by atomic mass is 32.1. The molecule has 0 aromatic carbocycles. The molecule has 0 aliphatic rings. The molecule has 0 saturated heterocycles. The Morgan fingerprint density at radius 3 is 2.60 bits per heavy atom. The van der Waals surface area contributed by atoms with Crippen molar-refractivity contribution in [3.05, 3.63) is 15.6 Å². The van der Waals surface area contributed by atoms with Crippen LogP contribution < -0.4 is 5.32 Å². The highest BCUT2D eigenvalue weighted by Gasteiger charge is 2.12. The van der Waals surface area contributed by atoms with Crippen LogP contribution in [0.15, 0.2) is 0 Å². The summed E-state index contributed by atoms with van der Waals surface area (Å²) in [6.45, 7) is 10.9. The maximum absolute atomic E-state index is 4.69. The van der Waals surface area contributed by atoms with Crippen LogP contribution >= 0.6 is 11.3 Å². The molecule has 3 heteroatoms. The van der Waals surface area contributed by atoms with E-state index in [1.54, 1.807) is 0 Å². The number of nitrogens with one attached hydrogen (secondary N) is 1. The largest absolute Gasteiger partial charge is 0.312 e. The molecule has 0 amide bonds. The van der Waals surface area contributed by atoms with Gasteiger partial charge in [0.25, 0.3) is 0 Å². The Morgan fingerprint density at radius 1 is 1.33 bits per heavy atom. The fourth-order valence-corrected chi connectivity index (χ4v) is 2.65. The van der Waals surface area contributed by atoms with Gasteiger partial charge in [-0.05, 0) is 25.3 Å². The summed E-state index contributed by atoms with van der Waals surface area (Å²) >= 11 is 1.86. The second-order valence-corrected chi connectivity index (χ2v) is 5.27. The number of nitrogens with zero attached hydrogens (tertiary/aromatic N) is 1. The summed E-state index contributed by atoms with van der Waals surface area (Å²) in [7, 11) is 0. The lowest BCUT2D eigenvalue weighted by Crippen LogP contribution is -2.14. The molecule has 0 saturated carbocycles. The summed E-state index contributed by atoms with van der Waals surface area (Å²) < 4.78 is 0. The molecule has 2 nitrogen and oxygen atoms in total. The molecular weight excluding hydrogens is 204 g/mol. The number of hydrogen-bond donors (Lipinski definition) is 1. The second-order valence-electron chi connectivity index (χ2n) is 4.10. The Kier molecular flexibility index (Phi) is 5.26. The van der Waals surface area contributed by atoms with Crippen molar-refractivity contribution < 1.29 is 0 Å². The molecule has 86 valence electrons. The Morgan fingerprint density at radius 2 is 2.07 bits per heavy atom. The van der Waals surface area contributed by atoms with Crippen molar-refractivity contribution in [3.8, 4) is 0 Å². The maximum Gasteiger partial charge on any atom is 0.0929 e. The highest BCUT2D eigenvalue weighted by molar-refractivity contribution is 7.11. The van der Waals surface area contributed by atoms with Gasteiger partial charge >= 0.3 is 0 Å². The minimum absolute atomic E-state index is 0.542. The van der Waals surface area contributed by atoms with E-state index in [0.29, 0.717) is 5.92 Å². The first-order chi connectivity index (χ1) is 7.19. The molecule has 1 rings (SSSR count). The third kappa shape index (κ3) is 3.58. The minimum Gasteiger partial charge on any atom is -0.312 e. The predicted octanol–water partition coefficient (Wildman–Crippen LogP) is 3.33. The van der Waals surface area contributed by atoms with E-state index in [4.69, 9.17) is 0 Å². The van der Waals surface area contributed by atoms with Crippen molar-refractivity contribution in [2.75, 3.05) is 6.54 Å². The number of aryl methyl sites for hydroxylation is 1. The fraction of sp³-hybridized carbons (Fsp3) is 0.750. The van der Waals surface area contributed by atoms with Gasteiger partial charge in [0.15, 0.2) is 0 Å². The van der Waals surface area contributed by atoms with E-state index in [-0.39, 0.29) is 0 Å². The molecular formula is C12H22N2S. The molecule has 0 radical (unpaired) electrons. The Bertz CT molecular complexity index is 292. The van der Waals surface area contributed by atoms with Crippen LogP contribution in [0.3, 0.4) is 0 Å². The third-order valence-corrected chi connectivity index (χ3v) is 3.55. The van der Waals surface area contributed by atoms with Crippen LogP contribution in [0.5, 0.6) is 0 Å². The molecule has 15 heavy (non-hydrogen) atoms. The minimum atomic E-state index is 0.542. The number of aromatic nitrogens is 1. The van der Waals surface area contributed by atoms with Gasteiger partial charge < -0.3 is 5.32 Å². The molecule has 1 aromatic heterocycles. The van der Waals surface area contributed by atoms with Crippen molar-refractivity contribution in [1.29, 1.82) is 0 Å². The molecule has 1 N–H and O–H groups in total. The number of thiazole rings is 1. The smallest absolute Gasteiger partial charge is 0.0929 e. The van der Waals surface area contributed by atoms with E-state index in [9.17, 15) is 0 Å². The summed E-state index contributed by atoms with van der Waals surface area (Å²) in [6, 6.07) is 0. The van der Waals surface area contributed by atoms with E-state index < -0.39 is 0 Å². The van der Waals surface area contributed by atoms with Crippen LogP contribution in [0, 0.1) is 0 Å². The number of hydrogen-bond acceptors (Lipinski definition) is 3. The summed E-state index contributed by atoms with van der Waals surface area (Å²) in [5, 5.41) is 4.72. The van der Waals surface area contributed by atoms with Gasteiger partial charge in [-0.3, -0.25) is 0 Å². The summed E-state index contributed by atoms with van der Waals surface area (Å²) in [5.74, 6) is 0.542. The van der Waals surface area contributed by atoms with Crippen LogP contribution in [-0.2, 0) is 13.0 Å². The first-order valence-corrected chi connectivity index (χ1v) is 6.69. The molecule has 1 heterocycles. The van der Waals surface area contributed by atoms with Gasteiger partial charge in [-0.15, -0.1) is 11.3 Å². The summed E-state index contributed by atoms with van der Waals surface area (Å²) in [4.78, 5) is 6.11. The van der Waals surface area contributed by atoms with Crippen LogP contribution in [0.1, 0.15) is 55.6 Å². The molecule has 1 aromatic rings. The lowest BCUT2D eigenvalue weighted by atomic mass is 10.1. The zero-order valence-electron chi connectivity index (χ0n) is 10.3. The van der Waals surface area contributed by atoms with Gasteiger partial charge in [-0.1, -0.05) is 27.7 Å². The Hall–Kier alpha value is -0.410. The number of rotatable bonds is 6. The normalized spacial score (nSPS) is 11.3. The SMILES string of the molecule is CCCNCc1sc(CC)nc1C(C)C. The molecule has 0 atom stereocenters. The van der Waals surface area contributed by atoms with Gasteiger partial charge in [0, 0.05) is 11.4 Å². The topological polar surface area (TPSA) is 24.9 Å². The molecule has 0 aliphatic carbocycles. The molecule has 0 aliphatic heterocycles. The van der Waals surface area contributed by atoms with Crippen molar-refractivity contribution in [1.82, 2.24) is 10.3 Å². The van der Waals surface area contributed by atoms with Crippen molar-refractivity contribution in [3.63, 3.8) is 0 Å². The quantitative estimate of drug-likeness (QED) is 0.753. The van der Waals surface area contributed by atoms with Gasteiger partial charge in [0.05, 0.1) is 10.7 Å². The van der Waals surface area contributed by atoms with Gasteiger partial charge in [-0.25, -0.2) is 4.98 Å². The lowest BCUT2D eigenvalue weighted by Gasteiger charge is -2.05. The predicted molar refractivity (Wildman–Crippen MR) is 67.6 cm³/mol. The second kappa shape index (κ2) is 6.23. The fourth-order valence-electron chi connectivity index (χ4n) is 1.52. The van der Waals surface area contributed by atoms with Gasteiger partial charge in [0.2, 0.25) is 0 Å². The standard InChI is InChI=1S/C12H22N2S/c1-5-7-13-8-10-12(9(3)4)14-11(6-2)15-10/h9,13H,5-8H2,1-4H3. The van der Waals surface area contributed by atoms with Crippen molar-refractivity contribution in [2.24, 2.45) is 0 Å². The van der Waals surface area contributed by atoms with Crippen LogP contribution in [0.4, 0.5) is 0 Å². The van der Waals surface area contributed by atoms with E-state index in [1.165, 1.54) is 22.0 Å². The van der Waals surface area contributed by atoms with Gasteiger partial charge in [0.1, 0.15) is 0 Å². The maximum atomic E-state index is 4.69. The van der Waals surface area contributed by atoms with E-state index in [1.807, 2.05) is 11.3 Å². The average molecular weight is 226 g/mol. The third-order valence-electron chi connectivity index (χ3n) is 2.33. The zero-order chi connectivity index (χ0) is 11.3. The first kappa shape index (κ1) is 12.7. The van der Waals surface area contributed by atoms with E-state index in [2.05, 4.69) is 38.0 Å². The first-order valence-electron chi connectivity index (χ1n) is 5.88. The Labute approximate surface area is 97.1 Å². The monoisotopic (exact) mass is 226 g/mol. The van der Waals surface area contributed by atoms with Crippen molar-refractivity contribution >= 4 is 11.3 Å². The van der Waals surface area contributed by atoms with Crippen LogP contribution in [0.2, 0.25) is 0 Å². The van der Waals surface area contributed by atoms with E-state index in [0.717, 1.165) is 19.5 Å². The summed E-state index contributed by atoms with van der Waals surface area (Å²) in [6.07, 6.45) is 2.24. The highest BCUT2D eigenvalue weighted by Crippen LogP contribution is 2.25. The van der Waals surface area contributed by atoms with Gasteiger partial charge in [-0.2, -0.15) is 0 Å². The van der Waals surface area contributed by atoms with Crippen molar-refractivity contribution in [2.45, 2.75) is 53.0 Å². The zero-order valence-corrected chi connectivity index (χ0v) is 11.1. The summed E-state index contributed by atoms with van der Waals surface area (Å²) in [5.41, 5.74) is 1.29. The van der Waals surface area contributed by atoms with Crippen LogP contribution in [0.25, 0.3) is 0 Å². The molecule has 0 unspecified atom stereocenters. The molecule has 0 bridgehead atoms. The van der Waals surface area contributed by atoms with Crippen LogP contribution in [-0.4, -0.2) is 11.5 Å². The lowest BCUT2D eigenvalue weighted by molar-refractivity contribution is 0.670. The Balaban J connectivity index is 2.70. The molecule has 0 spiro atoms.